The molecule has 1 amide bonds. The Morgan fingerprint density at radius 2 is 1.88 bits per heavy atom. The number of carbonyl (C=O) groups is 1. The number of benzene rings is 1. The fourth-order valence-corrected chi connectivity index (χ4v) is 6.88. The summed E-state index contributed by atoms with van der Waals surface area (Å²) >= 11 is 1.03. The minimum Gasteiger partial charge on any atom is -0.336 e. The number of halogens is 3. The first-order chi connectivity index (χ1) is 16.2. The van der Waals surface area contributed by atoms with E-state index in [1.54, 1.807) is 0 Å². The van der Waals surface area contributed by atoms with Crippen LogP contribution in [0.3, 0.4) is 0 Å². The molecule has 1 aliphatic heterocycles. The number of rotatable bonds is 3. The maximum atomic E-state index is 13.9. The molecule has 1 saturated heterocycles. The summed E-state index contributed by atoms with van der Waals surface area (Å²) in [6.07, 6.45) is 1.64. The zero-order valence-corrected chi connectivity index (χ0v) is 20.4. The Balaban J connectivity index is 1.40. The molecule has 4 atom stereocenters. The molecule has 0 bridgehead atoms. The summed E-state index contributed by atoms with van der Waals surface area (Å²) in [7, 11) is 0. The van der Waals surface area contributed by atoms with Gasteiger partial charge in [0.15, 0.2) is 10.9 Å². The minimum absolute atomic E-state index is 0.0166. The van der Waals surface area contributed by atoms with Crippen LogP contribution in [-0.2, 0) is 23.8 Å². The van der Waals surface area contributed by atoms with Crippen LogP contribution >= 0.6 is 11.8 Å². The van der Waals surface area contributed by atoms with Crippen molar-refractivity contribution in [1.29, 1.82) is 0 Å². The van der Waals surface area contributed by atoms with Crippen molar-refractivity contribution in [3.63, 3.8) is 0 Å². The molecule has 2 aliphatic carbocycles. The summed E-state index contributed by atoms with van der Waals surface area (Å²) in [5.41, 5.74) is 1.37. The second-order valence-electron chi connectivity index (χ2n) is 10.1. The Hall–Kier alpha value is -2.09. The fourth-order valence-electron chi connectivity index (χ4n) is 6.16. The molecule has 0 radical (unpaired) electrons. The third-order valence-corrected chi connectivity index (χ3v) is 8.61. The molecule has 4 nitrogen and oxygen atoms in total. The molecular formula is C26H30F3N3OS. The number of amides is 1. The van der Waals surface area contributed by atoms with E-state index in [1.165, 1.54) is 0 Å². The van der Waals surface area contributed by atoms with Gasteiger partial charge in [-0.25, -0.2) is 9.97 Å². The van der Waals surface area contributed by atoms with E-state index in [4.69, 9.17) is 0 Å². The summed E-state index contributed by atoms with van der Waals surface area (Å²) in [4.78, 5) is 23.8. The summed E-state index contributed by atoms with van der Waals surface area (Å²) < 4.78 is 41.7. The van der Waals surface area contributed by atoms with Crippen molar-refractivity contribution in [2.24, 2.45) is 11.8 Å². The average Bonchev–Trinajstić information content (AvgIpc) is 2.81. The van der Waals surface area contributed by atoms with Crippen LogP contribution in [-0.4, -0.2) is 38.6 Å². The van der Waals surface area contributed by atoms with E-state index < -0.39 is 11.9 Å². The van der Waals surface area contributed by atoms with Crippen LogP contribution in [0.2, 0.25) is 0 Å². The quantitative estimate of drug-likeness (QED) is 0.382. The first-order valence-corrected chi connectivity index (χ1v) is 13.2. The van der Waals surface area contributed by atoms with Gasteiger partial charge in [0.2, 0.25) is 5.91 Å². The smallest absolute Gasteiger partial charge is 0.336 e. The molecule has 1 aromatic carbocycles. The summed E-state index contributed by atoms with van der Waals surface area (Å²) in [6, 6.07) is 7.87. The molecule has 8 heteroatoms. The molecule has 0 spiro atoms. The van der Waals surface area contributed by atoms with Crippen molar-refractivity contribution in [1.82, 2.24) is 14.9 Å². The Morgan fingerprint density at radius 1 is 1.09 bits per heavy atom. The second kappa shape index (κ2) is 9.17. The topological polar surface area (TPSA) is 46.1 Å². The van der Waals surface area contributed by atoms with E-state index in [0.29, 0.717) is 24.0 Å². The van der Waals surface area contributed by atoms with E-state index in [0.717, 1.165) is 55.0 Å². The Labute approximate surface area is 202 Å². The number of piperidine rings is 1. The fraction of sp³-hybridized carbons (Fsp3) is 0.577. The number of alkyl halides is 3. The average molecular weight is 490 g/mol. The predicted octanol–water partition coefficient (Wildman–Crippen LogP) is 6.17. The van der Waals surface area contributed by atoms with Gasteiger partial charge in [-0.15, -0.1) is 0 Å². The monoisotopic (exact) mass is 489 g/mol. The highest BCUT2D eigenvalue weighted by Crippen LogP contribution is 2.42. The van der Waals surface area contributed by atoms with Crippen LogP contribution < -0.4 is 0 Å². The van der Waals surface area contributed by atoms with Crippen LogP contribution in [0.25, 0.3) is 11.3 Å². The zero-order valence-electron chi connectivity index (χ0n) is 19.6. The van der Waals surface area contributed by atoms with Crippen molar-refractivity contribution in [3.8, 4) is 11.3 Å². The number of likely N-dealkylation sites (tertiary alicyclic amines) is 1. The van der Waals surface area contributed by atoms with Crippen LogP contribution in [0, 0.1) is 11.8 Å². The number of aryl methyl sites for hydroxylation is 1. The molecule has 2 heterocycles. The summed E-state index contributed by atoms with van der Waals surface area (Å²) in [6.45, 7) is 4.37. The molecule has 1 saturated carbocycles. The van der Waals surface area contributed by atoms with Crippen molar-refractivity contribution in [3.05, 3.63) is 41.1 Å². The first kappa shape index (κ1) is 23.6. The molecule has 0 N–H and O–H groups in total. The van der Waals surface area contributed by atoms with E-state index >= 15 is 0 Å². The van der Waals surface area contributed by atoms with Crippen LogP contribution in [0.5, 0.6) is 0 Å². The Morgan fingerprint density at radius 3 is 2.68 bits per heavy atom. The van der Waals surface area contributed by atoms with Gasteiger partial charge in [0.1, 0.15) is 0 Å². The van der Waals surface area contributed by atoms with Crippen LogP contribution in [0.4, 0.5) is 13.2 Å². The van der Waals surface area contributed by atoms with Gasteiger partial charge in [0.25, 0.3) is 0 Å². The van der Waals surface area contributed by atoms with Gasteiger partial charge in [-0.1, -0.05) is 43.0 Å². The molecular weight excluding hydrogens is 459 g/mol. The van der Waals surface area contributed by atoms with Gasteiger partial charge in [0, 0.05) is 23.2 Å². The van der Waals surface area contributed by atoms with E-state index in [-0.39, 0.29) is 40.9 Å². The normalized spacial score (nSPS) is 26.4. The van der Waals surface area contributed by atoms with Crippen LogP contribution in [0.15, 0.2) is 29.4 Å². The molecule has 34 heavy (non-hydrogen) atoms. The lowest BCUT2D eigenvalue weighted by molar-refractivity contribution is -0.142. The zero-order chi connectivity index (χ0) is 24.0. The van der Waals surface area contributed by atoms with Crippen molar-refractivity contribution in [2.45, 2.75) is 82.2 Å². The lowest BCUT2D eigenvalue weighted by atomic mass is 9.73. The van der Waals surface area contributed by atoms with Crippen molar-refractivity contribution in [2.75, 3.05) is 5.75 Å². The summed E-state index contributed by atoms with van der Waals surface area (Å²) in [5.74, 6) is 1.26. The maximum absolute atomic E-state index is 13.9. The number of fused-ring (bicyclic) bond motifs is 4. The van der Waals surface area contributed by atoms with Gasteiger partial charge in [-0.3, -0.25) is 4.79 Å². The highest BCUT2D eigenvalue weighted by Gasteiger charge is 2.41. The minimum atomic E-state index is -4.56. The van der Waals surface area contributed by atoms with Crippen molar-refractivity contribution >= 4 is 17.7 Å². The third kappa shape index (κ3) is 4.45. The highest BCUT2D eigenvalue weighted by molar-refractivity contribution is 7.99. The van der Waals surface area contributed by atoms with Gasteiger partial charge in [-0.05, 0) is 69.3 Å². The predicted molar refractivity (Wildman–Crippen MR) is 126 cm³/mol. The SMILES string of the molecule is C[C@H]1CC[C@@H]2[C@H](CC[C@H](C)N2C(=O)CSc2nc3c(c(C(F)(F)F)n2)CCc2ccccc2-3)C1. The highest BCUT2D eigenvalue weighted by atomic mass is 32.2. The molecule has 182 valence electrons. The Bertz CT molecular complexity index is 1090. The van der Waals surface area contributed by atoms with Gasteiger partial charge in [-0.2, -0.15) is 13.2 Å². The lowest BCUT2D eigenvalue weighted by Crippen LogP contribution is -2.55. The number of hydrogen-bond acceptors (Lipinski definition) is 4. The van der Waals surface area contributed by atoms with E-state index in [9.17, 15) is 18.0 Å². The molecule has 2 fully saturated rings. The Kier molecular flexibility index (Phi) is 6.38. The number of carbonyl (C=O) groups excluding carboxylic acids is 1. The van der Waals surface area contributed by atoms with E-state index in [2.05, 4.69) is 23.8 Å². The standard InChI is InChI=1S/C26H30F3N3OS/c1-15-7-12-21-18(13-15)9-8-16(2)32(21)22(33)14-34-25-30-23-19-6-4-3-5-17(19)10-11-20(23)24(31-25)26(27,28)29/h3-6,15-16,18,21H,7-14H2,1-2H3/t15-,16-,18+,21+/m0/s1. The van der Waals surface area contributed by atoms with Gasteiger partial charge < -0.3 is 4.90 Å². The molecule has 0 unspecified atom stereocenters. The number of aromatic nitrogens is 2. The second-order valence-corrected chi connectivity index (χ2v) is 11.0. The largest absolute Gasteiger partial charge is 0.433 e. The van der Waals surface area contributed by atoms with E-state index in [1.807, 2.05) is 29.2 Å². The molecule has 3 aliphatic rings. The number of hydrogen-bond donors (Lipinski definition) is 0. The number of thioether (sulfide) groups is 1. The van der Waals surface area contributed by atoms with Gasteiger partial charge >= 0.3 is 6.18 Å². The van der Waals surface area contributed by atoms with Crippen LogP contribution in [0.1, 0.15) is 62.8 Å². The number of nitrogens with zero attached hydrogens (tertiary/aromatic N) is 3. The first-order valence-electron chi connectivity index (χ1n) is 12.2. The molecule has 1 aromatic heterocycles. The lowest BCUT2D eigenvalue weighted by Gasteiger charge is -2.49. The van der Waals surface area contributed by atoms with Gasteiger partial charge in [0.05, 0.1) is 11.4 Å². The molecule has 5 rings (SSSR count). The molecule has 2 aromatic rings. The van der Waals surface area contributed by atoms with Crippen molar-refractivity contribution < 1.29 is 18.0 Å². The summed E-state index contributed by atoms with van der Waals surface area (Å²) in [5, 5.41) is 0.0228. The maximum Gasteiger partial charge on any atom is 0.433 e. The third-order valence-electron chi connectivity index (χ3n) is 7.78.